The summed E-state index contributed by atoms with van der Waals surface area (Å²) in [5, 5.41) is 0. The van der Waals surface area contributed by atoms with E-state index >= 15 is 0 Å². The summed E-state index contributed by atoms with van der Waals surface area (Å²) in [6, 6.07) is 3.37. The van der Waals surface area contributed by atoms with Gasteiger partial charge in [-0.1, -0.05) is 42.1 Å². The van der Waals surface area contributed by atoms with Crippen molar-refractivity contribution in [2.75, 3.05) is 0 Å². The zero-order valence-electron chi connectivity index (χ0n) is 9.89. The molecule has 0 saturated carbocycles. The molecule has 1 nitrogen and oxygen atoms in total. The van der Waals surface area contributed by atoms with Gasteiger partial charge in [-0.05, 0) is 31.0 Å². The molecule has 0 aliphatic carbocycles. The van der Waals surface area contributed by atoms with E-state index in [4.69, 9.17) is 5.73 Å². The molecule has 0 fully saturated rings. The fourth-order valence-electron chi connectivity index (χ4n) is 1.79. The van der Waals surface area contributed by atoms with Gasteiger partial charge >= 0.3 is 0 Å². The summed E-state index contributed by atoms with van der Waals surface area (Å²) in [6.07, 6.45) is 4.22. The molecular formula is C13H19BrFN. The second-order valence-electron chi connectivity index (χ2n) is 4.23. The van der Waals surface area contributed by atoms with Gasteiger partial charge in [-0.3, -0.25) is 0 Å². The molecule has 0 aliphatic rings. The minimum atomic E-state index is -0.192. The number of nitrogens with two attached hydrogens (primary N) is 1. The van der Waals surface area contributed by atoms with Crippen molar-refractivity contribution in [2.24, 2.45) is 5.73 Å². The third-order valence-corrected chi connectivity index (χ3v) is 3.22. The molecule has 90 valence electrons. The number of aryl methyl sites for hydroxylation is 1. The Morgan fingerprint density at radius 1 is 1.38 bits per heavy atom. The number of hydrogen-bond donors (Lipinski definition) is 1. The normalized spacial score (nSPS) is 12.8. The van der Waals surface area contributed by atoms with Crippen LogP contribution in [0, 0.1) is 12.7 Å². The van der Waals surface area contributed by atoms with Gasteiger partial charge in [0.1, 0.15) is 5.82 Å². The predicted octanol–water partition coefficient (Wildman–Crippen LogP) is 4.48. The summed E-state index contributed by atoms with van der Waals surface area (Å²) in [5.41, 5.74) is 7.29. The van der Waals surface area contributed by atoms with Gasteiger partial charge in [0.25, 0.3) is 0 Å². The van der Waals surface area contributed by atoms with Crippen molar-refractivity contribution in [2.45, 2.75) is 45.6 Å². The third kappa shape index (κ3) is 3.56. The first-order chi connectivity index (χ1) is 7.56. The standard InChI is InChI=1S/C13H19BrFN/c1-3-4-5-6-12(16)11-8-10(14)7-9(2)13(11)15/h7-8,12H,3-6,16H2,1-2H3/t12-/m0/s1. The molecular weight excluding hydrogens is 269 g/mol. The van der Waals surface area contributed by atoms with Crippen molar-refractivity contribution in [3.05, 3.63) is 33.5 Å². The number of hydrogen-bond acceptors (Lipinski definition) is 1. The molecule has 0 aliphatic heterocycles. The van der Waals surface area contributed by atoms with E-state index in [0.717, 1.165) is 30.2 Å². The molecule has 0 saturated heterocycles. The van der Waals surface area contributed by atoms with E-state index in [9.17, 15) is 4.39 Å². The maximum Gasteiger partial charge on any atom is 0.130 e. The number of rotatable bonds is 5. The summed E-state index contributed by atoms with van der Waals surface area (Å²) >= 11 is 3.38. The molecule has 1 rings (SSSR count). The van der Waals surface area contributed by atoms with Gasteiger partial charge in [-0.15, -0.1) is 0 Å². The van der Waals surface area contributed by atoms with E-state index < -0.39 is 0 Å². The lowest BCUT2D eigenvalue weighted by Gasteiger charge is -2.14. The first kappa shape index (κ1) is 13.7. The van der Waals surface area contributed by atoms with Crippen LogP contribution >= 0.6 is 15.9 Å². The van der Waals surface area contributed by atoms with Gasteiger partial charge in [0, 0.05) is 16.1 Å². The van der Waals surface area contributed by atoms with Crippen molar-refractivity contribution in [1.82, 2.24) is 0 Å². The Morgan fingerprint density at radius 2 is 2.06 bits per heavy atom. The Bertz CT molecular complexity index is 352. The van der Waals surface area contributed by atoms with Gasteiger partial charge in [0.05, 0.1) is 0 Å². The maximum atomic E-state index is 13.8. The molecule has 1 atom stereocenters. The van der Waals surface area contributed by atoms with Crippen LogP contribution in [-0.2, 0) is 0 Å². The van der Waals surface area contributed by atoms with Crippen LogP contribution in [0.3, 0.4) is 0 Å². The molecule has 0 bridgehead atoms. The molecule has 0 aromatic heterocycles. The van der Waals surface area contributed by atoms with Crippen molar-refractivity contribution in [3.63, 3.8) is 0 Å². The Hall–Kier alpha value is -0.410. The van der Waals surface area contributed by atoms with Crippen molar-refractivity contribution >= 4 is 15.9 Å². The van der Waals surface area contributed by atoms with Crippen molar-refractivity contribution in [1.29, 1.82) is 0 Å². The summed E-state index contributed by atoms with van der Waals surface area (Å²) in [5.74, 6) is -0.160. The average Bonchev–Trinajstić information content (AvgIpc) is 2.23. The molecule has 0 heterocycles. The molecule has 0 spiro atoms. The quantitative estimate of drug-likeness (QED) is 0.794. The molecule has 0 amide bonds. The zero-order valence-corrected chi connectivity index (χ0v) is 11.5. The molecule has 16 heavy (non-hydrogen) atoms. The van der Waals surface area contributed by atoms with E-state index in [1.54, 1.807) is 19.1 Å². The second-order valence-corrected chi connectivity index (χ2v) is 5.14. The largest absolute Gasteiger partial charge is 0.324 e. The van der Waals surface area contributed by atoms with Crippen molar-refractivity contribution in [3.8, 4) is 0 Å². The SMILES string of the molecule is CCCCC[C@H](N)c1cc(Br)cc(C)c1F. The molecule has 1 aromatic carbocycles. The summed E-state index contributed by atoms with van der Waals surface area (Å²) in [7, 11) is 0. The first-order valence-corrected chi connectivity index (χ1v) is 6.56. The Balaban J connectivity index is 2.78. The van der Waals surface area contributed by atoms with Crippen LogP contribution in [-0.4, -0.2) is 0 Å². The van der Waals surface area contributed by atoms with Crippen LogP contribution in [0.15, 0.2) is 16.6 Å². The highest BCUT2D eigenvalue weighted by molar-refractivity contribution is 9.10. The van der Waals surface area contributed by atoms with Gasteiger partial charge in [0.15, 0.2) is 0 Å². The minimum absolute atomic E-state index is 0.160. The lowest BCUT2D eigenvalue weighted by atomic mass is 9.99. The number of halogens is 2. The lowest BCUT2D eigenvalue weighted by Crippen LogP contribution is -2.12. The van der Waals surface area contributed by atoms with Crippen LogP contribution in [0.2, 0.25) is 0 Å². The minimum Gasteiger partial charge on any atom is -0.324 e. The number of benzene rings is 1. The molecule has 3 heteroatoms. The molecule has 0 radical (unpaired) electrons. The summed E-state index contributed by atoms with van der Waals surface area (Å²) < 4.78 is 14.7. The zero-order chi connectivity index (χ0) is 12.1. The summed E-state index contributed by atoms with van der Waals surface area (Å²) in [4.78, 5) is 0. The lowest BCUT2D eigenvalue weighted by molar-refractivity contribution is 0.534. The van der Waals surface area contributed by atoms with Crippen LogP contribution in [0.1, 0.15) is 49.8 Å². The van der Waals surface area contributed by atoms with Crippen molar-refractivity contribution < 1.29 is 4.39 Å². The Morgan fingerprint density at radius 3 is 2.69 bits per heavy atom. The van der Waals surface area contributed by atoms with E-state index in [0.29, 0.717) is 11.1 Å². The van der Waals surface area contributed by atoms with E-state index in [-0.39, 0.29) is 11.9 Å². The first-order valence-electron chi connectivity index (χ1n) is 5.77. The highest BCUT2D eigenvalue weighted by Gasteiger charge is 2.13. The highest BCUT2D eigenvalue weighted by atomic mass is 79.9. The van der Waals surface area contributed by atoms with Gasteiger partial charge in [-0.2, -0.15) is 0 Å². The van der Waals surface area contributed by atoms with Gasteiger partial charge in [-0.25, -0.2) is 4.39 Å². The van der Waals surface area contributed by atoms with Crippen LogP contribution < -0.4 is 5.73 Å². The smallest absolute Gasteiger partial charge is 0.130 e. The van der Waals surface area contributed by atoms with Crippen LogP contribution in [0.4, 0.5) is 4.39 Å². The van der Waals surface area contributed by atoms with Gasteiger partial charge < -0.3 is 5.73 Å². The fraction of sp³-hybridized carbons (Fsp3) is 0.538. The van der Waals surface area contributed by atoms with E-state index in [2.05, 4.69) is 22.9 Å². The Labute approximate surface area is 105 Å². The molecule has 1 aromatic rings. The molecule has 0 unspecified atom stereocenters. The summed E-state index contributed by atoms with van der Waals surface area (Å²) in [6.45, 7) is 3.91. The van der Waals surface area contributed by atoms with Crippen LogP contribution in [0.5, 0.6) is 0 Å². The monoisotopic (exact) mass is 287 g/mol. The average molecular weight is 288 g/mol. The predicted molar refractivity (Wildman–Crippen MR) is 69.9 cm³/mol. The van der Waals surface area contributed by atoms with E-state index in [1.807, 2.05) is 0 Å². The van der Waals surface area contributed by atoms with E-state index in [1.165, 1.54) is 0 Å². The second kappa shape index (κ2) is 6.36. The maximum absolute atomic E-state index is 13.8. The van der Waals surface area contributed by atoms with Gasteiger partial charge in [0.2, 0.25) is 0 Å². The topological polar surface area (TPSA) is 26.0 Å². The third-order valence-electron chi connectivity index (χ3n) is 2.77. The fourth-order valence-corrected chi connectivity index (χ4v) is 2.38. The number of unbranched alkanes of at least 4 members (excludes halogenated alkanes) is 2. The van der Waals surface area contributed by atoms with Crippen LogP contribution in [0.25, 0.3) is 0 Å². The Kier molecular flexibility index (Phi) is 5.42. The highest BCUT2D eigenvalue weighted by Crippen LogP contribution is 2.26. The molecule has 2 N–H and O–H groups in total.